The van der Waals surface area contributed by atoms with Crippen molar-refractivity contribution in [1.82, 2.24) is 18.9 Å². The number of likely N-dealkylation sites (N-methyl/N-ethyl adjacent to an activating group) is 1. The zero-order valence-corrected chi connectivity index (χ0v) is 19.4. The van der Waals surface area contributed by atoms with Gasteiger partial charge < -0.3 is 14.2 Å². The SMILES string of the molecule is CCOc1ccc(-c2cn3c4ccccc4n(CCN(CC)CC)c3n2)cc1.Cl.Cl. The third-order valence-corrected chi connectivity index (χ3v) is 5.36. The summed E-state index contributed by atoms with van der Waals surface area (Å²) >= 11 is 0. The minimum absolute atomic E-state index is 0. The second kappa shape index (κ2) is 10.7. The molecule has 0 N–H and O–H groups in total. The average molecular weight is 449 g/mol. The lowest BCUT2D eigenvalue weighted by molar-refractivity contribution is 0.293. The van der Waals surface area contributed by atoms with Crippen LogP contribution in [0.3, 0.4) is 0 Å². The minimum atomic E-state index is 0. The molecule has 7 heteroatoms. The third kappa shape index (κ3) is 4.59. The molecule has 5 nitrogen and oxygen atoms in total. The Morgan fingerprint density at radius 3 is 2.20 bits per heavy atom. The molecular weight excluding hydrogens is 419 g/mol. The highest BCUT2D eigenvalue weighted by molar-refractivity contribution is 5.85. The number of halogens is 2. The number of hydrogen-bond acceptors (Lipinski definition) is 3. The predicted molar refractivity (Wildman–Crippen MR) is 130 cm³/mol. The highest BCUT2D eigenvalue weighted by Crippen LogP contribution is 2.27. The van der Waals surface area contributed by atoms with Crippen LogP contribution in [-0.2, 0) is 6.54 Å². The molecule has 30 heavy (non-hydrogen) atoms. The molecule has 0 aliphatic rings. The van der Waals surface area contributed by atoms with E-state index in [1.807, 2.05) is 19.1 Å². The van der Waals surface area contributed by atoms with Crippen molar-refractivity contribution in [2.45, 2.75) is 27.3 Å². The molecule has 0 aliphatic heterocycles. The van der Waals surface area contributed by atoms with E-state index in [1.165, 1.54) is 11.0 Å². The largest absolute Gasteiger partial charge is 0.494 e. The molecule has 0 saturated carbocycles. The van der Waals surface area contributed by atoms with Gasteiger partial charge in [0.05, 0.1) is 23.3 Å². The van der Waals surface area contributed by atoms with Crippen LogP contribution >= 0.6 is 24.8 Å². The van der Waals surface area contributed by atoms with E-state index in [9.17, 15) is 0 Å². The van der Waals surface area contributed by atoms with E-state index in [2.05, 4.69) is 70.3 Å². The van der Waals surface area contributed by atoms with Crippen LogP contribution in [-0.4, -0.2) is 45.1 Å². The molecule has 4 rings (SSSR count). The van der Waals surface area contributed by atoms with Crippen molar-refractivity contribution in [3.05, 3.63) is 54.7 Å². The summed E-state index contributed by atoms with van der Waals surface area (Å²) in [5, 5.41) is 0. The first-order chi connectivity index (χ1) is 13.7. The summed E-state index contributed by atoms with van der Waals surface area (Å²) in [7, 11) is 0. The number of nitrogens with zero attached hydrogens (tertiary/aromatic N) is 4. The highest BCUT2D eigenvalue weighted by Gasteiger charge is 2.15. The maximum Gasteiger partial charge on any atom is 0.215 e. The van der Waals surface area contributed by atoms with Gasteiger partial charge in [-0.15, -0.1) is 24.8 Å². The fourth-order valence-electron chi connectivity index (χ4n) is 3.77. The summed E-state index contributed by atoms with van der Waals surface area (Å²) in [6, 6.07) is 16.7. The van der Waals surface area contributed by atoms with Gasteiger partial charge in [0.15, 0.2) is 0 Å². The Morgan fingerprint density at radius 2 is 1.57 bits per heavy atom. The number of imidazole rings is 2. The van der Waals surface area contributed by atoms with Crippen LogP contribution in [0.25, 0.3) is 28.1 Å². The Kier molecular flexibility index (Phi) is 8.59. The molecule has 2 aromatic heterocycles. The molecule has 0 fully saturated rings. The summed E-state index contributed by atoms with van der Waals surface area (Å²) in [5.74, 6) is 1.89. The Morgan fingerprint density at radius 1 is 0.900 bits per heavy atom. The predicted octanol–water partition coefficient (Wildman–Crippen LogP) is 5.54. The zero-order valence-electron chi connectivity index (χ0n) is 17.7. The molecule has 0 amide bonds. The molecule has 4 aromatic rings. The van der Waals surface area contributed by atoms with Crippen LogP contribution in [0.15, 0.2) is 54.7 Å². The van der Waals surface area contributed by atoms with E-state index in [4.69, 9.17) is 9.72 Å². The number of para-hydroxylation sites is 2. The summed E-state index contributed by atoms with van der Waals surface area (Å²) in [6.07, 6.45) is 2.14. The van der Waals surface area contributed by atoms with Crippen LogP contribution < -0.4 is 4.74 Å². The first kappa shape index (κ1) is 24.1. The van der Waals surface area contributed by atoms with Gasteiger partial charge in [-0.2, -0.15) is 0 Å². The first-order valence-electron chi connectivity index (χ1n) is 10.2. The normalized spacial score (nSPS) is 10.9. The second-order valence-electron chi connectivity index (χ2n) is 6.92. The van der Waals surface area contributed by atoms with Gasteiger partial charge in [0, 0.05) is 24.8 Å². The van der Waals surface area contributed by atoms with Gasteiger partial charge in [-0.25, -0.2) is 4.98 Å². The summed E-state index contributed by atoms with van der Waals surface area (Å²) in [6.45, 7) is 11.2. The van der Waals surface area contributed by atoms with E-state index < -0.39 is 0 Å². The number of aromatic nitrogens is 3. The fourth-order valence-corrected chi connectivity index (χ4v) is 3.77. The lowest BCUT2D eigenvalue weighted by atomic mass is 10.1. The lowest BCUT2D eigenvalue weighted by Gasteiger charge is -2.18. The van der Waals surface area contributed by atoms with Crippen molar-refractivity contribution in [1.29, 1.82) is 0 Å². The quantitative estimate of drug-likeness (QED) is 0.354. The second-order valence-corrected chi connectivity index (χ2v) is 6.92. The van der Waals surface area contributed by atoms with Crippen molar-refractivity contribution in [2.24, 2.45) is 0 Å². The van der Waals surface area contributed by atoms with Gasteiger partial charge in [-0.05, 0) is 56.4 Å². The van der Waals surface area contributed by atoms with Crippen molar-refractivity contribution >= 4 is 41.6 Å². The Bertz CT molecular complexity index is 1070. The van der Waals surface area contributed by atoms with Gasteiger partial charge in [0.25, 0.3) is 0 Å². The molecule has 162 valence electrons. The smallest absolute Gasteiger partial charge is 0.215 e. The molecule has 0 bridgehead atoms. The topological polar surface area (TPSA) is 34.7 Å². The standard InChI is InChI=1S/C23H28N4O.2ClH/c1-4-25(5-2)15-16-26-21-9-7-8-10-22(21)27-17-20(24-23(26)27)18-11-13-19(14-12-18)28-6-3;;/h7-14,17H,4-6,15-16H2,1-3H3;2*1H. The Hall–Kier alpha value is -2.21. The summed E-state index contributed by atoms with van der Waals surface area (Å²) < 4.78 is 10.1. The van der Waals surface area contributed by atoms with Gasteiger partial charge in [0.2, 0.25) is 5.78 Å². The van der Waals surface area contributed by atoms with Crippen LogP contribution in [0.5, 0.6) is 5.75 Å². The van der Waals surface area contributed by atoms with Gasteiger partial charge in [-0.3, -0.25) is 4.40 Å². The molecule has 0 aliphatic carbocycles. The van der Waals surface area contributed by atoms with Gasteiger partial charge >= 0.3 is 0 Å². The highest BCUT2D eigenvalue weighted by atomic mass is 35.5. The van der Waals surface area contributed by atoms with E-state index in [0.29, 0.717) is 6.61 Å². The van der Waals surface area contributed by atoms with Crippen molar-refractivity contribution in [2.75, 3.05) is 26.2 Å². The van der Waals surface area contributed by atoms with Crippen LogP contribution in [0, 0.1) is 0 Å². The monoisotopic (exact) mass is 448 g/mol. The number of hydrogen-bond donors (Lipinski definition) is 0. The van der Waals surface area contributed by atoms with Gasteiger partial charge in [-0.1, -0.05) is 26.0 Å². The van der Waals surface area contributed by atoms with Crippen LogP contribution in [0.2, 0.25) is 0 Å². The minimum Gasteiger partial charge on any atom is -0.494 e. The molecule has 2 aromatic carbocycles. The number of fused-ring (bicyclic) bond motifs is 3. The van der Waals surface area contributed by atoms with E-state index in [1.54, 1.807) is 0 Å². The molecule has 2 heterocycles. The van der Waals surface area contributed by atoms with Gasteiger partial charge in [0.1, 0.15) is 5.75 Å². The molecule has 0 unspecified atom stereocenters. The fraction of sp³-hybridized carbons (Fsp3) is 0.348. The van der Waals surface area contributed by atoms with E-state index in [0.717, 1.165) is 49.0 Å². The van der Waals surface area contributed by atoms with Crippen molar-refractivity contribution < 1.29 is 4.74 Å². The molecule has 0 atom stereocenters. The molecule has 0 saturated heterocycles. The van der Waals surface area contributed by atoms with Crippen molar-refractivity contribution in [3.8, 4) is 17.0 Å². The molecule has 0 radical (unpaired) electrons. The van der Waals surface area contributed by atoms with Crippen LogP contribution in [0.1, 0.15) is 20.8 Å². The van der Waals surface area contributed by atoms with Crippen molar-refractivity contribution in [3.63, 3.8) is 0 Å². The number of ether oxygens (including phenoxy) is 1. The van der Waals surface area contributed by atoms with Crippen LogP contribution in [0.4, 0.5) is 0 Å². The average Bonchev–Trinajstić information content (AvgIpc) is 3.28. The lowest BCUT2D eigenvalue weighted by Crippen LogP contribution is -2.27. The third-order valence-electron chi connectivity index (χ3n) is 5.36. The number of rotatable bonds is 8. The van der Waals surface area contributed by atoms with E-state index >= 15 is 0 Å². The Balaban J connectivity index is 0.00000160. The first-order valence-corrected chi connectivity index (χ1v) is 10.2. The summed E-state index contributed by atoms with van der Waals surface area (Å²) in [5.41, 5.74) is 4.52. The molecule has 0 spiro atoms. The number of benzene rings is 2. The maximum atomic E-state index is 5.56. The Labute approximate surface area is 190 Å². The van der Waals surface area contributed by atoms with E-state index in [-0.39, 0.29) is 24.8 Å². The maximum absolute atomic E-state index is 5.56. The zero-order chi connectivity index (χ0) is 19.5. The summed E-state index contributed by atoms with van der Waals surface area (Å²) in [4.78, 5) is 7.44. The molecular formula is C23H30Cl2N4O.